The van der Waals surface area contributed by atoms with E-state index in [2.05, 4.69) is 4.85 Å². The average molecular weight is 148 g/mol. The van der Waals surface area contributed by atoms with Crippen molar-refractivity contribution in [3.05, 3.63) is 33.3 Å². The van der Waals surface area contributed by atoms with E-state index in [1.165, 1.54) is 11.3 Å². The van der Waals surface area contributed by atoms with E-state index < -0.39 is 0 Å². The number of rotatable bonds is 1. The monoisotopic (exact) mass is 148 g/mol. The van der Waals surface area contributed by atoms with Crippen LogP contribution in [0.3, 0.4) is 0 Å². The van der Waals surface area contributed by atoms with Gasteiger partial charge in [-0.2, -0.15) is 5.26 Å². The molecule has 0 fully saturated rings. The van der Waals surface area contributed by atoms with E-state index in [1.807, 2.05) is 12.1 Å². The summed E-state index contributed by atoms with van der Waals surface area (Å²) in [6, 6.07) is 5.58. The van der Waals surface area contributed by atoms with Crippen molar-refractivity contribution in [1.29, 1.82) is 5.26 Å². The average Bonchev–Trinajstić information content (AvgIpc) is 2.37. The lowest BCUT2D eigenvalue weighted by Gasteiger charge is -1.75. The second kappa shape index (κ2) is 3.00. The molecular formula is C7H4N2S. The maximum absolute atomic E-state index is 8.40. The van der Waals surface area contributed by atoms with Gasteiger partial charge in [-0.15, -0.1) is 11.3 Å². The Morgan fingerprint density at radius 2 is 2.50 bits per heavy atom. The molecule has 0 unspecified atom stereocenters. The molecule has 0 aliphatic heterocycles. The molecule has 0 aliphatic rings. The van der Waals surface area contributed by atoms with Gasteiger partial charge in [-0.05, 0) is 12.1 Å². The summed E-state index contributed by atoms with van der Waals surface area (Å²) in [7, 11) is 0. The third-order valence-electron chi connectivity index (χ3n) is 1.01. The first-order valence-electron chi connectivity index (χ1n) is 2.69. The summed E-state index contributed by atoms with van der Waals surface area (Å²) in [6.45, 7) is 6.95. The summed E-state index contributed by atoms with van der Waals surface area (Å²) < 4.78 is 0. The molecule has 1 aromatic rings. The topological polar surface area (TPSA) is 28.1 Å². The molecule has 10 heavy (non-hydrogen) atoms. The normalized spacial score (nSPS) is 8.20. The van der Waals surface area contributed by atoms with Gasteiger partial charge in [-0.3, -0.25) is 0 Å². The molecule has 0 aromatic carbocycles. The van der Waals surface area contributed by atoms with Crippen LogP contribution < -0.4 is 0 Å². The largest absolute Gasteiger partial charge is 0.311 e. The van der Waals surface area contributed by atoms with Crippen LogP contribution in [-0.2, 0) is 6.54 Å². The molecule has 1 heterocycles. The Morgan fingerprint density at radius 3 is 3.00 bits per heavy atom. The predicted molar refractivity (Wildman–Crippen MR) is 39.3 cm³/mol. The van der Waals surface area contributed by atoms with Gasteiger partial charge in [0.15, 0.2) is 0 Å². The summed E-state index contributed by atoms with van der Waals surface area (Å²) in [4.78, 5) is 4.85. The van der Waals surface area contributed by atoms with E-state index in [-0.39, 0.29) is 0 Å². The van der Waals surface area contributed by atoms with E-state index >= 15 is 0 Å². The second-order valence-corrected chi connectivity index (χ2v) is 2.86. The number of thiophene rings is 1. The van der Waals surface area contributed by atoms with Gasteiger partial charge in [-0.25, -0.2) is 6.57 Å². The molecule has 0 atom stereocenters. The third-order valence-corrected chi connectivity index (χ3v) is 1.98. The number of nitriles is 1. The summed E-state index contributed by atoms with van der Waals surface area (Å²) in [5, 5.41) is 8.40. The Hall–Kier alpha value is -1.32. The van der Waals surface area contributed by atoms with Gasteiger partial charge in [0.2, 0.25) is 6.54 Å². The van der Waals surface area contributed by atoms with Gasteiger partial charge in [0, 0.05) is 0 Å². The fraction of sp³-hybridized carbons (Fsp3) is 0.143. The lowest BCUT2D eigenvalue weighted by Crippen LogP contribution is -1.64. The minimum Gasteiger partial charge on any atom is -0.311 e. The first-order chi connectivity index (χ1) is 4.86. The van der Waals surface area contributed by atoms with Crippen LogP contribution >= 0.6 is 11.3 Å². The molecule has 0 radical (unpaired) electrons. The fourth-order valence-corrected chi connectivity index (χ4v) is 1.33. The maximum Gasteiger partial charge on any atom is 0.248 e. The van der Waals surface area contributed by atoms with Gasteiger partial charge < -0.3 is 4.85 Å². The zero-order chi connectivity index (χ0) is 7.40. The Labute approximate surface area is 63.2 Å². The van der Waals surface area contributed by atoms with Crippen molar-refractivity contribution in [3.63, 3.8) is 0 Å². The molecule has 1 rings (SSSR count). The summed E-state index contributed by atoms with van der Waals surface area (Å²) in [5.74, 6) is 0. The van der Waals surface area contributed by atoms with Crippen molar-refractivity contribution >= 4 is 11.3 Å². The van der Waals surface area contributed by atoms with Gasteiger partial charge in [-0.1, -0.05) is 0 Å². The minimum absolute atomic E-state index is 0.395. The van der Waals surface area contributed by atoms with Crippen LogP contribution in [0, 0.1) is 17.9 Å². The van der Waals surface area contributed by atoms with Gasteiger partial charge in [0.25, 0.3) is 0 Å². The highest BCUT2D eigenvalue weighted by molar-refractivity contribution is 7.12. The lowest BCUT2D eigenvalue weighted by molar-refractivity contribution is 1.34. The molecule has 0 saturated carbocycles. The molecule has 0 amide bonds. The first-order valence-corrected chi connectivity index (χ1v) is 3.50. The summed E-state index contributed by atoms with van der Waals surface area (Å²) >= 11 is 1.38. The van der Waals surface area contributed by atoms with E-state index in [4.69, 9.17) is 11.8 Å². The second-order valence-electron chi connectivity index (χ2n) is 1.69. The highest BCUT2D eigenvalue weighted by Crippen LogP contribution is 2.15. The van der Waals surface area contributed by atoms with Crippen LogP contribution in [0.4, 0.5) is 0 Å². The molecule has 48 valence electrons. The molecule has 0 aliphatic carbocycles. The van der Waals surface area contributed by atoms with Crippen molar-refractivity contribution in [1.82, 2.24) is 0 Å². The standard InChI is InChI=1S/C7H4N2S/c1-9-5-7-3-2-6(4-8)10-7/h2-3H,5H2. The molecule has 3 heteroatoms. The Balaban J connectivity index is 2.83. The molecule has 0 bridgehead atoms. The molecule has 0 saturated heterocycles. The van der Waals surface area contributed by atoms with E-state index in [9.17, 15) is 0 Å². The molecule has 0 N–H and O–H groups in total. The summed E-state index contributed by atoms with van der Waals surface area (Å²) in [5.41, 5.74) is 0. The van der Waals surface area contributed by atoms with Crippen molar-refractivity contribution in [2.75, 3.05) is 0 Å². The van der Waals surface area contributed by atoms with Gasteiger partial charge in [0.05, 0.1) is 4.88 Å². The van der Waals surface area contributed by atoms with Gasteiger partial charge in [0.1, 0.15) is 10.9 Å². The SMILES string of the molecule is [C-]#[N+]Cc1ccc(C#N)s1. The molecule has 2 nitrogen and oxygen atoms in total. The predicted octanol–water partition coefficient (Wildman–Crippen LogP) is 2.04. The Morgan fingerprint density at radius 1 is 1.70 bits per heavy atom. The Bertz CT molecular complexity index is 300. The molecular weight excluding hydrogens is 144 g/mol. The van der Waals surface area contributed by atoms with Crippen LogP contribution in [0.2, 0.25) is 0 Å². The fourth-order valence-electron chi connectivity index (χ4n) is 0.601. The van der Waals surface area contributed by atoms with Crippen LogP contribution in [0.5, 0.6) is 0 Å². The third kappa shape index (κ3) is 1.34. The van der Waals surface area contributed by atoms with Crippen molar-refractivity contribution in [2.45, 2.75) is 6.54 Å². The Kier molecular flexibility index (Phi) is 2.04. The maximum atomic E-state index is 8.40. The quantitative estimate of drug-likeness (QED) is 0.560. The van der Waals surface area contributed by atoms with E-state index in [0.717, 1.165) is 4.88 Å². The number of nitrogens with zero attached hydrogens (tertiary/aromatic N) is 2. The highest BCUT2D eigenvalue weighted by Gasteiger charge is 1.99. The lowest BCUT2D eigenvalue weighted by atomic mass is 10.4. The summed E-state index contributed by atoms with van der Waals surface area (Å²) in [6.07, 6.45) is 0. The molecule has 1 aromatic heterocycles. The zero-order valence-corrected chi connectivity index (χ0v) is 5.98. The van der Waals surface area contributed by atoms with Crippen molar-refractivity contribution in [2.24, 2.45) is 0 Å². The van der Waals surface area contributed by atoms with Crippen LogP contribution in [0.25, 0.3) is 4.85 Å². The van der Waals surface area contributed by atoms with Crippen LogP contribution in [0.15, 0.2) is 12.1 Å². The van der Waals surface area contributed by atoms with Crippen molar-refractivity contribution in [3.8, 4) is 6.07 Å². The highest BCUT2D eigenvalue weighted by atomic mass is 32.1. The first kappa shape index (κ1) is 6.80. The number of hydrogen-bond donors (Lipinski definition) is 0. The minimum atomic E-state index is 0.395. The smallest absolute Gasteiger partial charge is 0.248 e. The van der Waals surface area contributed by atoms with Crippen LogP contribution in [0.1, 0.15) is 9.75 Å². The van der Waals surface area contributed by atoms with Gasteiger partial charge >= 0.3 is 0 Å². The van der Waals surface area contributed by atoms with E-state index in [1.54, 1.807) is 6.07 Å². The number of hydrogen-bond acceptors (Lipinski definition) is 2. The van der Waals surface area contributed by atoms with Crippen molar-refractivity contribution < 1.29 is 0 Å². The molecule has 0 spiro atoms. The zero-order valence-electron chi connectivity index (χ0n) is 5.16. The van der Waals surface area contributed by atoms with Crippen LogP contribution in [-0.4, -0.2) is 0 Å². The van der Waals surface area contributed by atoms with E-state index in [0.29, 0.717) is 11.4 Å².